The van der Waals surface area contributed by atoms with E-state index in [9.17, 15) is 22.8 Å². The first-order valence-corrected chi connectivity index (χ1v) is 6.42. The summed E-state index contributed by atoms with van der Waals surface area (Å²) in [4.78, 5) is 23.6. The van der Waals surface area contributed by atoms with Crippen LogP contribution < -0.4 is 5.56 Å². The first kappa shape index (κ1) is 17.2. The quantitative estimate of drug-likeness (QED) is 0.643. The van der Waals surface area contributed by atoms with Crippen molar-refractivity contribution in [2.24, 2.45) is 0 Å². The highest BCUT2D eigenvalue weighted by molar-refractivity contribution is 5.88. The van der Waals surface area contributed by atoms with Crippen molar-refractivity contribution in [3.63, 3.8) is 0 Å². The Hall–Kier alpha value is -1.83. The zero-order chi connectivity index (χ0) is 16.0. The summed E-state index contributed by atoms with van der Waals surface area (Å²) in [6.45, 7) is 1.13. The lowest BCUT2D eigenvalue weighted by molar-refractivity contribution is -0.144. The van der Waals surface area contributed by atoms with Crippen LogP contribution in [0.2, 0.25) is 0 Å². The Labute approximate surface area is 119 Å². The number of alkyl halides is 3. The summed E-state index contributed by atoms with van der Waals surface area (Å²) in [5, 5.41) is 8.67. The standard InChI is InChI=1S/C13H16F3NO4/c1-2-21-12(20)9-5-6-10(13(14,15)16)17(11(9)19)7-3-4-8-18/h5-6,18H,2-4,7-8H2,1H3. The fraction of sp³-hybridized carbons (Fsp3) is 0.538. The van der Waals surface area contributed by atoms with E-state index in [1.54, 1.807) is 0 Å². The Morgan fingerprint density at radius 3 is 2.52 bits per heavy atom. The number of aliphatic hydroxyl groups excluding tert-OH is 1. The molecule has 0 saturated heterocycles. The van der Waals surface area contributed by atoms with Gasteiger partial charge in [-0.05, 0) is 31.9 Å². The van der Waals surface area contributed by atoms with Crippen molar-refractivity contribution < 1.29 is 27.8 Å². The van der Waals surface area contributed by atoms with Crippen LogP contribution in [0.25, 0.3) is 0 Å². The van der Waals surface area contributed by atoms with Crippen LogP contribution in [0.15, 0.2) is 16.9 Å². The second-order valence-electron chi connectivity index (χ2n) is 4.24. The molecule has 1 aromatic rings. The van der Waals surface area contributed by atoms with E-state index in [0.717, 1.165) is 6.07 Å². The number of unbranched alkanes of at least 4 members (excludes halogenated alkanes) is 1. The van der Waals surface area contributed by atoms with Crippen molar-refractivity contribution in [1.82, 2.24) is 4.57 Å². The van der Waals surface area contributed by atoms with E-state index in [1.807, 2.05) is 0 Å². The lowest BCUT2D eigenvalue weighted by atomic mass is 10.2. The first-order chi connectivity index (χ1) is 9.82. The molecule has 0 saturated carbocycles. The molecule has 0 unspecified atom stereocenters. The third-order valence-corrected chi connectivity index (χ3v) is 2.75. The van der Waals surface area contributed by atoms with Crippen molar-refractivity contribution in [1.29, 1.82) is 0 Å². The molecule has 1 heterocycles. The maximum absolute atomic E-state index is 12.9. The Kier molecular flexibility index (Phi) is 5.95. The van der Waals surface area contributed by atoms with E-state index in [0.29, 0.717) is 10.6 Å². The van der Waals surface area contributed by atoms with Gasteiger partial charge >= 0.3 is 12.1 Å². The molecule has 0 aliphatic heterocycles. The van der Waals surface area contributed by atoms with E-state index in [1.165, 1.54) is 6.92 Å². The van der Waals surface area contributed by atoms with Gasteiger partial charge in [-0.25, -0.2) is 4.79 Å². The molecular formula is C13H16F3NO4. The van der Waals surface area contributed by atoms with Gasteiger partial charge in [-0.1, -0.05) is 0 Å². The molecule has 21 heavy (non-hydrogen) atoms. The molecule has 1 rings (SSSR count). The van der Waals surface area contributed by atoms with Gasteiger partial charge < -0.3 is 14.4 Å². The van der Waals surface area contributed by atoms with Gasteiger partial charge in [0.25, 0.3) is 5.56 Å². The summed E-state index contributed by atoms with van der Waals surface area (Å²) in [6.07, 6.45) is -4.26. The number of hydrogen-bond donors (Lipinski definition) is 1. The predicted molar refractivity (Wildman–Crippen MR) is 68.0 cm³/mol. The van der Waals surface area contributed by atoms with Gasteiger partial charge in [-0.2, -0.15) is 13.2 Å². The maximum atomic E-state index is 12.9. The fourth-order valence-electron chi connectivity index (χ4n) is 1.79. The second kappa shape index (κ2) is 7.26. The fourth-order valence-corrected chi connectivity index (χ4v) is 1.79. The van der Waals surface area contributed by atoms with Crippen LogP contribution in [-0.4, -0.2) is 28.9 Å². The largest absolute Gasteiger partial charge is 0.462 e. The van der Waals surface area contributed by atoms with E-state index >= 15 is 0 Å². The second-order valence-corrected chi connectivity index (χ2v) is 4.24. The van der Waals surface area contributed by atoms with Crippen molar-refractivity contribution >= 4 is 5.97 Å². The van der Waals surface area contributed by atoms with Crippen LogP contribution in [0.4, 0.5) is 13.2 Å². The van der Waals surface area contributed by atoms with Gasteiger partial charge in [0.15, 0.2) is 0 Å². The third-order valence-electron chi connectivity index (χ3n) is 2.75. The summed E-state index contributed by atoms with van der Waals surface area (Å²) in [6, 6.07) is 1.51. The zero-order valence-corrected chi connectivity index (χ0v) is 11.4. The van der Waals surface area contributed by atoms with Gasteiger partial charge in [0.1, 0.15) is 11.3 Å². The van der Waals surface area contributed by atoms with Crippen molar-refractivity contribution in [2.45, 2.75) is 32.5 Å². The van der Waals surface area contributed by atoms with E-state index in [-0.39, 0.29) is 32.6 Å². The number of aliphatic hydroxyl groups is 1. The van der Waals surface area contributed by atoms with E-state index in [2.05, 4.69) is 4.74 Å². The molecule has 0 spiro atoms. The first-order valence-electron chi connectivity index (χ1n) is 6.42. The molecule has 0 atom stereocenters. The Morgan fingerprint density at radius 1 is 1.33 bits per heavy atom. The number of carbonyl (C=O) groups is 1. The monoisotopic (exact) mass is 307 g/mol. The van der Waals surface area contributed by atoms with Crippen LogP contribution in [-0.2, 0) is 17.5 Å². The summed E-state index contributed by atoms with van der Waals surface area (Å²) in [7, 11) is 0. The van der Waals surface area contributed by atoms with E-state index in [4.69, 9.17) is 5.11 Å². The summed E-state index contributed by atoms with van der Waals surface area (Å²) >= 11 is 0. The zero-order valence-electron chi connectivity index (χ0n) is 11.4. The average Bonchev–Trinajstić information content (AvgIpc) is 2.39. The van der Waals surface area contributed by atoms with Crippen LogP contribution in [0.1, 0.15) is 35.8 Å². The van der Waals surface area contributed by atoms with Gasteiger partial charge in [0, 0.05) is 13.2 Å². The van der Waals surface area contributed by atoms with Crippen LogP contribution in [0.3, 0.4) is 0 Å². The number of nitrogens with zero attached hydrogens (tertiary/aromatic N) is 1. The molecule has 8 heteroatoms. The van der Waals surface area contributed by atoms with Crippen molar-refractivity contribution in [2.75, 3.05) is 13.2 Å². The molecule has 0 bridgehead atoms. The lowest BCUT2D eigenvalue weighted by Gasteiger charge is -2.16. The van der Waals surface area contributed by atoms with Crippen LogP contribution >= 0.6 is 0 Å². The number of halogens is 3. The number of rotatable bonds is 6. The van der Waals surface area contributed by atoms with Crippen molar-refractivity contribution in [3.05, 3.63) is 33.7 Å². The molecule has 0 aliphatic rings. The topological polar surface area (TPSA) is 68.5 Å². The molecule has 0 aromatic carbocycles. The number of hydrogen-bond acceptors (Lipinski definition) is 4. The average molecular weight is 307 g/mol. The molecule has 118 valence electrons. The van der Waals surface area contributed by atoms with Gasteiger partial charge in [-0.15, -0.1) is 0 Å². The molecule has 0 fully saturated rings. The number of esters is 1. The van der Waals surface area contributed by atoms with E-state index < -0.39 is 29.0 Å². The Morgan fingerprint density at radius 2 is 2.00 bits per heavy atom. The van der Waals surface area contributed by atoms with Gasteiger partial charge in [0.05, 0.1) is 6.61 Å². The van der Waals surface area contributed by atoms with Gasteiger partial charge in [0.2, 0.25) is 0 Å². The highest BCUT2D eigenvalue weighted by atomic mass is 19.4. The predicted octanol–water partition coefficient (Wildman–Crippen LogP) is 1.82. The highest BCUT2D eigenvalue weighted by Crippen LogP contribution is 2.28. The molecule has 0 aliphatic carbocycles. The molecule has 0 amide bonds. The van der Waals surface area contributed by atoms with Crippen molar-refractivity contribution in [3.8, 4) is 0 Å². The minimum absolute atomic E-state index is 0.0177. The number of aromatic nitrogens is 1. The lowest BCUT2D eigenvalue weighted by Crippen LogP contribution is -2.32. The summed E-state index contributed by atoms with van der Waals surface area (Å²) in [5.74, 6) is -0.952. The number of carbonyl (C=O) groups excluding carboxylic acids is 1. The molecule has 0 radical (unpaired) electrons. The van der Waals surface area contributed by atoms with Crippen LogP contribution in [0, 0.1) is 0 Å². The minimum Gasteiger partial charge on any atom is -0.462 e. The SMILES string of the molecule is CCOC(=O)c1ccc(C(F)(F)F)n(CCCCO)c1=O. The molecule has 1 aromatic heterocycles. The Balaban J connectivity index is 3.27. The third kappa shape index (κ3) is 4.32. The number of pyridine rings is 1. The molecule has 1 N–H and O–H groups in total. The van der Waals surface area contributed by atoms with Gasteiger partial charge in [-0.3, -0.25) is 4.79 Å². The molecule has 5 nitrogen and oxygen atoms in total. The maximum Gasteiger partial charge on any atom is 0.431 e. The van der Waals surface area contributed by atoms with Crippen LogP contribution in [0.5, 0.6) is 0 Å². The summed E-state index contributed by atoms with van der Waals surface area (Å²) in [5.41, 5.74) is -2.60. The smallest absolute Gasteiger partial charge is 0.431 e. The summed E-state index contributed by atoms with van der Waals surface area (Å²) < 4.78 is 43.8. The molecular weight excluding hydrogens is 291 g/mol. The minimum atomic E-state index is -4.70. The normalized spacial score (nSPS) is 11.5. The highest BCUT2D eigenvalue weighted by Gasteiger charge is 2.35. The Bertz CT molecular complexity index is 551. The number of ether oxygens (including phenoxy) is 1.